The Morgan fingerprint density at radius 2 is 2.11 bits per heavy atom. The number of benzene rings is 1. The number of nitro groups is 1. The van der Waals surface area contributed by atoms with Gasteiger partial charge in [0.2, 0.25) is 0 Å². The maximum atomic E-state index is 10.7. The van der Waals surface area contributed by atoms with E-state index in [0.29, 0.717) is 11.0 Å². The lowest BCUT2D eigenvalue weighted by Crippen LogP contribution is -2.21. The van der Waals surface area contributed by atoms with E-state index in [1.165, 1.54) is 18.9 Å². The Hall–Kier alpha value is -0.980. The number of hydrogen-bond donors (Lipinski definition) is 1. The molecule has 0 amide bonds. The van der Waals surface area contributed by atoms with Crippen molar-refractivity contribution in [3.63, 3.8) is 0 Å². The summed E-state index contributed by atoms with van der Waals surface area (Å²) < 4.78 is 0.703. The minimum absolute atomic E-state index is 0.0852. The smallest absolute Gasteiger partial charge is 0.270 e. The van der Waals surface area contributed by atoms with Crippen molar-refractivity contribution in [2.45, 2.75) is 38.3 Å². The minimum Gasteiger partial charge on any atom is -0.298 e. The fourth-order valence-corrected chi connectivity index (χ4v) is 2.62. The summed E-state index contributed by atoms with van der Waals surface area (Å²) in [6.45, 7) is 0.469. The monoisotopic (exact) mass is 314 g/mol. The molecule has 0 aromatic heterocycles. The summed E-state index contributed by atoms with van der Waals surface area (Å²) in [5.74, 6) is 0. The highest BCUT2D eigenvalue weighted by Gasteiger charge is 2.15. The highest BCUT2D eigenvalue weighted by atomic mass is 79.9. The Kier molecular flexibility index (Phi) is 4.68. The first-order valence-electron chi connectivity index (χ1n) is 5.97. The molecule has 1 N–H and O–H groups in total. The van der Waals surface area contributed by atoms with Crippen molar-refractivity contribution in [2.75, 3.05) is 0 Å². The van der Waals surface area contributed by atoms with Crippen LogP contribution in [-0.2, 0) is 11.4 Å². The van der Waals surface area contributed by atoms with Crippen LogP contribution >= 0.6 is 15.9 Å². The fourth-order valence-electron chi connectivity index (χ4n) is 2.09. The number of halogens is 1. The van der Waals surface area contributed by atoms with Crippen LogP contribution in [0, 0.1) is 10.1 Å². The van der Waals surface area contributed by atoms with Crippen molar-refractivity contribution < 1.29 is 9.76 Å². The van der Waals surface area contributed by atoms with E-state index in [9.17, 15) is 10.1 Å². The first-order valence-corrected chi connectivity index (χ1v) is 6.77. The number of hydroxylamine groups is 1. The second-order valence-corrected chi connectivity index (χ2v) is 5.34. The lowest BCUT2D eigenvalue weighted by Gasteiger charge is -2.11. The second kappa shape index (κ2) is 6.26. The predicted octanol–water partition coefficient (Wildman–Crippen LogP) is 3.32. The molecule has 5 nitrogen and oxygen atoms in total. The Bertz CT molecular complexity index is 433. The van der Waals surface area contributed by atoms with Gasteiger partial charge in [0, 0.05) is 23.2 Å². The molecule has 1 aliphatic carbocycles. The molecule has 0 heterocycles. The average Bonchev–Trinajstić information content (AvgIpc) is 2.81. The van der Waals surface area contributed by atoms with Gasteiger partial charge >= 0.3 is 0 Å². The minimum atomic E-state index is -0.397. The second-order valence-electron chi connectivity index (χ2n) is 4.42. The van der Waals surface area contributed by atoms with Crippen LogP contribution in [0.25, 0.3) is 0 Å². The molecule has 0 spiro atoms. The number of rotatable bonds is 5. The normalized spacial score (nSPS) is 16.1. The van der Waals surface area contributed by atoms with Gasteiger partial charge in [-0.2, -0.15) is 5.48 Å². The third kappa shape index (κ3) is 3.76. The molecular weight excluding hydrogens is 300 g/mol. The van der Waals surface area contributed by atoms with Gasteiger partial charge in [0.1, 0.15) is 0 Å². The van der Waals surface area contributed by atoms with Crippen molar-refractivity contribution in [1.82, 2.24) is 5.48 Å². The van der Waals surface area contributed by atoms with E-state index in [1.54, 1.807) is 6.07 Å². The van der Waals surface area contributed by atoms with E-state index in [2.05, 4.69) is 21.4 Å². The molecule has 6 heteroatoms. The van der Waals surface area contributed by atoms with Gasteiger partial charge in [-0.15, -0.1) is 0 Å². The largest absolute Gasteiger partial charge is 0.298 e. The van der Waals surface area contributed by atoms with Crippen LogP contribution in [0.15, 0.2) is 22.7 Å². The van der Waals surface area contributed by atoms with Crippen LogP contribution in [0.3, 0.4) is 0 Å². The number of non-ortho nitro benzene ring substituents is 1. The van der Waals surface area contributed by atoms with Crippen molar-refractivity contribution in [1.29, 1.82) is 0 Å². The van der Waals surface area contributed by atoms with E-state index in [-0.39, 0.29) is 11.8 Å². The number of hydrogen-bond acceptors (Lipinski definition) is 4. The molecule has 0 saturated heterocycles. The number of nitro benzene ring substituents is 1. The van der Waals surface area contributed by atoms with Crippen LogP contribution in [0.5, 0.6) is 0 Å². The highest BCUT2D eigenvalue weighted by molar-refractivity contribution is 9.10. The zero-order chi connectivity index (χ0) is 13.0. The molecule has 98 valence electrons. The summed E-state index contributed by atoms with van der Waals surface area (Å²) in [5, 5.41) is 10.7. The first-order chi connectivity index (χ1) is 8.65. The Labute approximate surface area is 114 Å². The zero-order valence-corrected chi connectivity index (χ0v) is 11.5. The first kappa shape index (κ1) is 13.5. The van der Waals surface area contributed by atoms with Crippen LogP contribution in [0.1, 0.15) is 31.2 Å². The summed E-state index contributed by atoms with van der Waals surface area (Å²) in [5.41, 5.74) is 3.81. The standard InChI is InChI=1S/C12H15BrN2O3/c13-10-5-9(6-11(7-10)15(16)17)8-14-18-12-3-1-2-4-12/h5-7,12,14H,1-4,8H2. The molecule has 18 heavy (non-hydrogen) atoms. The molecule has 0 radical (unpaired) electrons. The molecule has 1 fully saturated rings. The van der Waals surface area contributed by atoms with Gasteiger partial charge in [-0.1, -0.05) is 28.8 Å². The van der Waals surface area contributed by atoms with E-state index in [0.717, 1.165) is 18.4 Å². The lowest BCUT2D eigenvalue weighted by molar-refractivity contribution is -0.385. The van der Waals surface area contributed by atoms with Crippen molar-refractivity contribution in [2.24, 2.45) is 0 Å². The predicted molar refractivity (Wildman–Crippen MR) is 71.0 cm³/mol. The Balaban J connectivity index is 1.89. The van der Waals surface area contributed by atoms with Crippen molar-refractivity contribution >= 4 is 21.6 Å². The van der Waals surface area contributed by atoms with Gasteiger partial charge in [-0.25, -0.2) is 0 Å². The topological polar surface area (TPSA) is 64.4 Å². The van der Waals surface area contributed by atoms with E-state index in [1.807, 2.05) is 6.07 Å². The lowest BCUT2D eigenvalue weighted by atomic mass is 10.2. The van der Waals surface area contributed by atoms with Crippen LogP contribution in [-0.4, -0.2) is 11.0 Å². The number of nitrogens with zero attached hydrogens (tertiary/aromatic N) is 1. The Morgan fingerprint density at radius 3 is 2.78 bits per heavy atom. The van der Waals surface area contributed by atoms with Gasteiger partial charge in [0.15, 0.2) is 0 Å². The molecule has 1 aliphatic rings. The van der Waals surface area contributed by atoms with E-state index in [4.69, 9.17) is 4.84 Å². The molecular formula is C12H15BrN2O3. The molecule has 1 saturated carbocycles. The molecule has 0 bridgehead atoms. The van der Waals surface area contributed by atoms with Crippen LogP contribution in [0.4, 0.5) is 5.69 Å². The summed E-state index contributed by atoms with van der Waals surface area (Å²) in [6, 6.07) is 4.88. The number of nitrogens with one attached hydrogen (secondary N) is 1. The van der Waals surface area contributed by atoms with Gasteiger partial charge in [-0.05, 0) is 24.5 Å². The van der Waals surface area contributed by atoms with Gasteiger partial charge in [0.05, 0.1) is 11.0 Å². The molecule has 1 aromatic rings. The highest BCUT2D eigenvalue weighted by Crippen LogP contribution is 2.22. The fraction of sp³-hybridized carbons (Fsp3) is 0.500. The van der Waals surface area contributed by atoms with Crippen molar-refractivity contribution in [3.8, 4) is 0 Å². The molecule has 0 aliphatic heterocycles. The van der Waals surface area contributed by atoms with Crippen LogP contribution < -0.4 is 5.48 Å². The molecule has 2 rings (SSSR count). The summed E-state index contributed by atoms with van der Waals surface area (Å²) in [6.07, 6.45) is 4.90. The quantitative estimate of drug-likeness (QED) is 0.669. The van der Waals surface area contributed by atoms with Crippen molar-refractivity contribution in [3.05, 3.63) is 38.3 Å². The summed E-state index contributed by atoms with van der Waals surface area (Å²) >= 11 is 3.27. The SMILES string of the molecule is O=[N+]([O-])c1cc(Br)cc(CNOC2CCCC2)c1. The third-order valence-corrected chi connectivity index (χ3v) is 3.44. The summed E-state index contributed by atoms with van der Waals surface area (Å²) in [7, 11) is 0. The zero-order valence-electron chi connectivity index (χ0n) is 9.89. The van der Waals surface area contributed by atoms with Crippen LogP contribution in [0.2, 0.25) is 0 Å². The van der Waals surface area contributed by atoms with Gasteiger partial charge in [0.25, 0.3) is 5.69 Å². The van der Waals surface area contributed by atoms with Gasteiger partial charge in [-0.3, -0.25) is 15.0 Å². The maximum Gasteiger partial charge on any atom is 0.270 e. The summed E-state index contributed by atoms with van der Waals surface area (Å²) in [4.78, 5) is 15.8. The third-order valence-electron chi connectivity index (χ3n) is 2.98. The molecule has 0 unspecified atom stereocenters. The average molecular weight is 315 g/mol. The van der Waals surface area contributed by atoms with E-state index >= 15 is 0 Å². The Morgan fingerprint density at radius 1 is 1.39 bits per heavy atom. The maximum absolute atomic E-state index is 10.7. The van der Waals surface area contributed by atoms with E-state index < -0.39 is 4.92 Å². The molecule has 1 aromatic carbocycles. The molecule has 0 atom stereocenters. The van der Waals surface area contributed by atoms with Gasteiger partial charge < -0.3 is 0 Å².